The molecule has 0 fully saturated rings. The molecule has 148 valence electrons. The van der Waals surface area contributed by atoms with Crippen LogP contribution in [0.2, 0.25) is 0 Å². The number of carboxylic acids is 1. The number of aryl methyl sites for hydroxylation is 2. The minimum absolute atomic E-state index is 0.137. The molecule has 0 saturated heterocycles. The predicted octanol–water partition coefficient (Wildman–Crippen LogP) is 4.70. The van der Waals surface area contributed by atoms with Gasteiger partial charge in [0.15, 0.2) is 0 Å². The molecular formula is C21H30N2O3S. The van der Waals surface area contributed by atoms with Crippen LogP contribution in [0.4, 0.5) is 0 Å². The molecule has 0 saturated carbocycles. The number of aromatic nitrogens is 1. The highest BCUT2D eigenvalue weighted by atomic mass is 32.1. The van der Waals surface area contributed by atoms with Crippen molar-refractivity contribution in [3.05, 3.63) is 35.0 Å². The van der Waals surface area contributed by atoms with Gasteiger partial charge < -0.3 is 14.6 Å². The second-order valence-corrected chi connectivity index (χ2v) is 8.02. The van der Waals surface area contributed by atoms with Gasteiger partial charge in [0, 0.05) is 49.4 Å². The van der Waals surface area contributed by atoms with Gasteiger partial charge in [-0.3, -0.25) is 9.59 Å². The topological polar surface area (TPSA) is 62.5 Å². The minimum atomic E-state index is -0.779. The van der Waals surface area contributed by atoms with E-state index in [1.807, 2.05) is 24.9 Å². The molecule has 0 unspecified atom stereocenters. The number of carbonyl (C=O) groups excluding carboxylic acids is 1. The molecule has 0 aliphatic rings. The number of thiophene rings is 1. The van der Waals surface area contributed by atoms with E-state index in [2.05, 4.69) is 24.4 Å². The average molecular weight is 391 g/mol. The third-order valence-electron chi connectivity index (χ3n) is 4.73. The Kier molecular flexibility index (Phi) is 8.10. The number of hydrogen-bond acceptors (Lipinski definition) is 3. The molecule has 6 heteroatoms. The quantitative estimate of drug-likeness (QED) is 0.566. The number of carbonyl (C=O) groups is 2. The fraction of sp³-hybridized carbons (Fsp3) is 0.524. The third kappa shape index (κ3) is 6.54. The number of amides is 1. The summed E-state index contributed by atoms with van der Waals surface area (Å²) in [7, 11) is 3.81. The highest BCUT2D eigenvalue weighted by molar-refractivity contribution is 7.13. The highest BCUT2D eigenvalue weighted by Crippen LogP contribution is 2.29. The van der Waals surface area contributed by atoms with Crippen molar-refractivity contribution in [2.45, 2.75) is 58.4 Å². The molecule has 0 aromatic carbocycles. The Morgan fingerprint density at radius 1 is 1.19 bits per heavy atom. The standard InChI is InChI=1S/C21H30N2O3S/c1-4-5-6-7-8-20(24)23(3)13-16-11-19(27-15-16)17-12-18(22(2)14-17)9-10-21(25)26/h11-12,14-15H,4-10,13H2,1-3H3,(H,25,26). The Labute approximate surface area is 165 Å². The maximum atomic E-state index is 12.2. The first-order chi connectivity index (χ1) is 12.9. The van der Waals surface area contributed by atoms with Gasteiger partial charge in [-0.15, -0.1) is 11.3 Å². The second kappa shape index (κ2) is 10.3. The van der Waals surface area contributed by atoms with E-state index in [9.17, 15) is 9.59 Å². The maximum Gasteiger partial charge on any atom is 0.303 e. The number of nitrogens with zero attached hydrogens (tertiary/aromatic N) is 2. The molecule has 27 heavy (non-hydrogen) atoms. The lowest BCUT2D eigenvalue weighted by molar-refractivity contribution is -0.137. The summed E-state index contributed by atoms with van der Waals surface area (Å²) in [4.78, 5) is 26.0. The van der Waals surface area contributed by atoms with E-state index in [1.54, 1.807) is 16.2 Å². The van der Waals surface area contributed by atoms with Gasteiger partial charge in [0.05, 0.1) is 6.42 Å². The number of hydrogen-bond donors (Lipinski definition) is 1. The highest BCUT2D eigenvalue weighted by Gasteiger charge is 2.12. The van der Waals surface area contributed by atoms with Crippen LogP contribution >= 0.6 is 11.3 Å². The molecular weight excluding hydrogens is 360 g/mol. The summed E-state index contributed by atoms with van der Waals surface area (Å²) in [5.74, 6) is -0.576. The monoisotopic (exact) mass is 390 g/mol. The maximum absolute atomic E-state index is 12.2. The third-order valence-corrected chi connectivity index (χ3v) is 5.76. The first kappa shape index (κ1) is 21.2. The number of rotatable bonds is 11. The fourth-order valence-electron chi connectivity index (χ4n) is 3.09. The first-order valence-corrected chi connectivity index (χ1v) is 10.5. The van der Waals surface area contributed by atoms with Gasteiger partial charge in [-0.1, -0.05) is 26.2 Å². The zero-order chi connectivity index (χ0) is 19.8. The Morgan fingerprint density at radius 3 is 2.67 bits per heavy atom. The van der Waals surface area contributed by atoms with Crippen molar-refractivity contribution in [2.75, 3.05) is 7.05 Å². The number of carboxylic acid groups (broad SMARTS) is 1. The van der Waals surface area contributed by atoms with Crippen molar-refractivity contribution in [3.63, 3.8) is 0 Å². The fourth-order valence-corrected chi connectivity index (χ4v) is 3.98. The summed E-state index contributed by atoms with van der Waals surface area (Å²) in [6.07, 6.45) is 7.79. The molecule has 0 spiro atoms. The van der Waals surface area contributed by atoms with Crippen molar-refractivity contribution in [3.8, 4) is 10.4 Å². The second-order valence-electron chi connectivity index (χ2n) is 7.10. The van der Waals surface area contributed by atoms with E-state index in [0.29, 0.717) is 19.4 Å². The summed E-state index contributed by atoms with van der Waals surface area (Å²) in [5, 5.41) is 11.0. The van der Waals surface area contributed by atoms with Crippen molar-refractivity contribution >= 4 is 23.2 Å². The van der Waals surface area contributed by atoms with E-state index in [-0.39, 0.29) is 12.3 Å². The SMILES string of the molecule is CCCCCCC(=O)N(C)Cc1csc(-c2cc(CCC(=O)O)n(C)c2)c1. The summed E-state index contributed by atoms with van der Waals surface area (Å²) in [6.45, 7) is 2.80. The number of aliphatic carboxylic acids is 1. The van der Waals surface area contributed by atoms with Gasteiger partial charge in [-0.25, -0.2) is 0 Å². The Morgan fingerprint density at radius 2 is 1.96 bits per heavy atom. The smallest absolute Gasteiger partial charge is 0.303 e. The Balaban J connectivity index is 1.93. The lowest BCUT2D eigenvalue weighted by atomic mass is 10.1. The van der Waals surface area contributed by atoms with Crippen LogP contribution in [0.5, 0.6) is 0 Å². The zero-order valence-corrected chi connectivity index (χ0v) is 17.3. The van der Waals surface area contributed by atoms with E-state index < -0.39 is 5.97 Å². The first-order valence-electron chi connectivity index (χ1n) is 9.59. The molecule has 0 atom stereocenters. The molecule has 0 aliphatic heterocycles. The van der Waals surface area contributed by atoms with Crippen LogP contribution in [0.25, 0.3) is 10.4 Å². The molecule has 2 aromatic rings. The van der Waals surface area contributed by atoms with Crippen LogP contribution in [0, 0.1) is 0 Å². The van der Waals surface area contributed by atoms with Crippen LogP contribution < -0.4 is 0 Å². The van der Waals surface area contributed by atoms with Gasteiger partial charge >= 0.3 is 5.97 Å². The Bertz CT molecular complexity index is 763. The number of unbranched alkanes of at least 4 members (excludes halogenated alkanes) is 3. The van der Waals surface area contributed by atoms with E-state index >= 15 is 0 Å². The molecule has 1 amide bonds. The van der Waals surface area contributed by atoms with Crippen molar-refractivity contribution in [1.82, 2.24) is 9.47 Å². The lowest BCUT2D eigenvalue weighted by Gasteiger charge is -2.16. The van der Waals surface area contributed by atoms with E-state index in [4.69, 9.17) is 5.11 Å². The van der Waals surface area contributed by atoms with Crippen LogP contribution in [0.15, 0.2) is 23.7 Å². The van der Waals surface area contributed by atoms with E-state index in [0.717, 1.165) is 34.5 Å². The molecule has 2 rings (SSSR count). The molecule has 2 heterocycles. The summed E-state index contributed by atoms with van der Waals surface area (Å²) in [6, 6.07) is 4.18. The van der Waals surface area contributed by atoms with E-state index in [1.165, 1.54) is 12.8 Å². The van der Waals surface area contributed by atoms with Crippen LogP contribution in [-0.4, -0.2) is 33.5 Å². The predicted molar refractivity (Wildman–Crippen MR) is 110 cm³/mol. The van der Waals surface area contributed by atoms with Gasteiger partial charge in [0.2, 0.25) is 5.91 Å². The van der Waals surface area contributed by atoms with Crippen LogP contribution in [0.3, 0.4) is 0 Å². The largest absolute Gasteiger partial charge is 0.481 e. The van der Waals surface area contributed by atoms with Crippen LogP contribution in [-0.2, 0) is 29.6 Å². The lowest BCUT2D eigenvalue weighted by Crippen LogP contribution is -2.25. The van der Waals surface area contributed by atoms with Crippen molar-refractivity contribution in [1.29, 1.82) is 0 Å². The molecule has 5 nitrogen and oxygen atoms in total. The van der Waals surface area contributed by atoms with Crippen LogP contribution in [0.1, 0.15) is 56.7 Å². The molecule has 1 N–H and O–H groups in total. The van der Waals surface area contributed by atoms with Crippen molar-refractivity contribution < 1.29 is 14.7 Å². The molecule has 0 bridgehead atoms. The summed E-state index contributed by atoms with van der Waals surface area (Å²) < 4.78 is 1.99. The summed E-state index contributed by atoms with van der Waals surface area (Å²) >= 11 is 1.66. The van der Waals surface area contributed by atoms with Gasteiger partial charge in [-0.2, -0.15) is 0 Å². The van der Waals surface area contributed by atoms with Gasteiger partial charge in [-0.05, 0) is 35.9 Å². The zero-order valence-electron chi connectivity index (χ0n) is 16.5. The molecule has 0 radical (unpaired) electrons. The average Bonchev–Trinajstić information content (AvgIpc) is 3.23. The van der Waals surface area contributed by atoms with Crippen molar-refractivity contribution in [2.24, 2.45) is 7.05 Å². The minimum Gasteiger partial charge on any atom is -0.481 e. The van der Waals surface area contributed by atoms with Gasteiger partial charge in [0.1, 0.15) is 0 Å². The molecule has 0 aliphatic carbocycles. The Hall–Kier alpha value is -2.08. The summed E-state index contributed by atoms with van der Waals surface area (Å²) in [5.41, 5.74) is 3.25. The molecule has 2 aromatic heterocycles. The van der Waals surface area contributed by atoms with Gasteiger partial charge in [0.25, 0.3) is 0 Å². The normalized spacial score (nSPS) is 10.9.